The van der Waals surface area contributed by atoms with Crippen molar-refractivity contribution in [2.45, 2.75) is 22.5 Å². The molecule has 1 aliphatic heterocycles. The summed E-state index contributed by atoms with van der Waals surface area (Å²) in [5.41, 5.74) is 1.61. The smallest absolute Gasteiger partial charge is 0.0170 e. The van der Waals surface area contributed by atoms with Crippen molar-refractivity contribution < 1.29 is 0 Å². The van der Waals surface area contributed by atoms with Crippen molar-refractivity contribution in [2.75, 3.05) is 0 Å². The van der Waals surface area contributed by atoms with Gasteiger partial charge in [0.05, 0.1) is 0 Å². The Morgan fingerprint density at radius 1 is 1.30 bits per heavy atom. The van der Waals surface area contributed by atoms with Crippen LogP contribution in [0.4, 0.5) is 0 Å². The molecular weight excluding hydrogens is 140 g/mol. The fourth-order valence-electron chi connectivity index (χ4n) is 1.69. The lowest BCUT2D eigenvalue weighted by Crippen LogP contribution is -1.76. The highest BCUT2D eigenvalue weighted by Crippen LogP contribution is 2.60. The van der Waals surface area contributed by atoms with Crippen molar-refractivity contribution in [3.05, 3.63) is 29.8 Å². The van der Waals surface area contributed by atoms with Gasteiger partial charge in [-0.2, -0.15) is 0 Å². The van der Waals surface area contributed by atoms with Gasteiger partial charge >= 0.3 is 0 Å². The third-order valence-electron chi connectivity index (χ3n) is 2.33. The molecule has 1 aromatic carbocycles. The number of hydrogen-bond acceptors (Lipinski definition) is 1. The first-order valence-electron chi connectivity index (χ1n) is 3.71. The van der Waals surface area contributed by atoms with Gasteiger partial charge in [0.25, 0.3) is 0 Å². The third kappa shape index (κ3) is 0.541. The van der Waals surface area contributed by atoms with Crippen molar-refractivity contribution in [3.63, 3.8) is 0 Å². The van der Waals surface area contributed by atoms with Crippen molar-refractivity contribution in [3.8, 4) is 0 Å². The topological polar surface area (TPSA) is 0 Å². The Hall–Kier alpha value is -0.430. The van der Waals surface area contributed by atoms with Gasteiger partial charge in [-0.3, -0.25) is 0 Å². The summed E-state index contributed by atoms with van der Waals surface area (Å²) < 4.78 is 0. The van der Waals surface area contributed by atoms with Gasteiger partial charge in [0.2, 0.25) is 0 Å². The van der Waals surface area contributed by atoms with Gasteiger partial charge in [-0.1, -0.05) is 18.2 Å². The van der Waals surface area contributed by atoms with E-state index in [1.807, 2.05) is 0 Å². The highest BCUT2D eigenvalue weighted by Gasteiger charge is 2.45. The second kappa shape index (κ2) is 1.59. The Labute approximate surface area is 64.6 Å². The molecule has 0 radical (unpaired) electrons. The lowest BCUT2D eigenvalue weighted by Gasteiger charge is -1.97. The molecule has 1 aromatic rings. The lowest BCUT2D eigenvalue weighted by atomic mass is 10.1. The summed E-state index contributed by atoms with van der Waals surface area (Å²) in [6.07, 6.45) is 1.43. The predicted molar refractivity (Wildman–Crippen MR) is 43.4 cm³/mol. The Balaban J connectivity index is 2.22. The molecule has 0 amide bonds. The first-order valence-corrected chi connectivity index (χ1v) is 4.59. The van der Waals surface area contributed by atoms with Gasteiger partial charge in [-0.05, 0) is 24.0 Å². The number of rotatable bonds is 0. The molecule has 2 aliphatic rings. The van der Waals surface area contributed by atoms with Crippen LogP contribution in [0.3, 0.4) is 0 Å². The quantitative estimate of drug-likeness (QED) is 0.545. The van der Waals surface area contributed by atoms with E-state index >= 15 is 0 Å². The summed E-state index contributed by atoms with van der Waals surface area (Å²) in [6.45, 7) is 0. The van der Waals surface area contributed by atoms with Crippen molar-refractivity contribution >= 4 is 11.8 Å². The van der Waals surface area contributed by atoms with Crippen molar-refractivity contribution in [1.82, 2.24) is 0 Å². The second-order valence-electron chi connectivity index (χ2n) is 3.04. The zero-order valence-corrected chi connectivity index (χ0v) is 6.40. The van der Waals surface area contributed by atoms with Crippen LogP contribution >= 0.6 is 11.8 Å². The maximum Gasteiger partial charge on any atom is 0.0170 e. The van der Waals surface area contributed by atoms with Gasteiger partial charge < -0.3 is 0 Å². The SMILES string of the molecule is c1ccc2c(c1)S[C@@H]1C[C@H]21. The first-order chi connectivity index (χ1) is 4.95. The largest absolute Gasteiger partial charge is 0.122 e. The van der Waals surface area contributed by atoms with Gasteiger partial charge in [-0.25, -0.2) is 0 Å². The molecule has 2 atom stereocenters. The summed E-state index contributed by atoms with van der Waals surface area (Å²) in [7, 11) is 0. The fraction of sp³-hybridized carbons (Fsp3) is 0.333. The van der Waals surface area contributed by atoms with Crippen molar-refractivity contribution in [1.29, 1.82) is 0 Å². The zero-order chi connectivity index (χ0) is 6.55. The van der Waals surface area contributed by atoms with Gasteiger partial charge in [-0.15, -0.1) is 11.8 Å². The minimum Gasteiger partial charge on any atom is -0.122 e. The first kappa shape index (κ1) is 5.25. The summed E-state index contributed by atoms with van der Waals surface area (Å²) >= 11 is 2.07. The Morgan fingerprint density at radius 3 is 3.10 bits per heavy atom. The maximum atomic E-state index is 2.28. The van der Waals surface area contributed by atoms with E-state index in [4.69, 9.17) is 0 Å². The summed E-state index contributed by atoms with van der Waals surface area (Å²) in [6, 6.07) is 8.81. The van der Waals surface area contributed by atoms with Crippen LogP contribution in [0.2, 0.25) is 0 Å². The highest BCUT2D eigenvalue weighted by atomic mass is 32.2. The van der Waals surface area contributed by atoms with Crippen LogP contribution in [0.15, 0.2) is 29.2 Å². The Bertz CT molecular complexity index is 280. The second-order valence-corrected chi connectivity index (χ2v) is 4.32. The van der Waals surface area contributed by atoms with E-state index in [-0.39, 0.29) is 0 Å². The van der Waals surface area contributed by atoms with Gasteiger partial charge in [0.15, 0.2) is 0 Å². The molecule has 0 bridgehead atoms. The average Bonchev–Trinajstić information content (AvgIpc) is 2.64. The number of fused-ring (bicyclic) bond motifs is 3. The lowest BCUT2D eigenvalue weighted by molar-refractivity contribution is 1.10. The van der Waals surface area contributed by atoms with Crippen LogP contribution in [0.25, 0.3) is 0 Å². The van der Waals surface area contributed by atoms with E-state index in [9.17, 15) is 0 Å². The summed E-state index contributed by atoms with van der Waals surface area (Å²) in [5, 5.41) is 0.956. The Kier molecular flexibility index (Phi) is 0.835. The van der Waals surface area contributed by atoms with Crippen LogP contribution < -0.4 is 0 Å². The van der Waals surface area contributed by atoms with E-state index in [2.05, 4.69) is 36.0 Å². The number of thioether (sulfide) groups is 1. The Morgan fingerprint density at radius 2 is 2.20 bits per heavy atom. The zero-order valence-electron chi connectivity index (χ0n) is 5.58. The molecule has 10 heavy (non-hydrogen) atoms. The standard InChI is InChI=1S/C9H8S/c1-2-4-8-6(3-1)7-5-9(7)10-8/h1-4,7,9H,5H2/t7-,9-/m1/s1. The molecular formula is C9H8S. The van der Waals surface area contributed by atoms with E-state index in [0.29, 0.717) is 0 Å². The molecule has 1 heterocycles. The minimum absolute atomic E-state index is 0.932. The molecule has 1 heteroatoms. The van der Waals surface area contributed by atoms with Gasteiger partial charge in [0.1, 0.15) is 0 Å². The van der Waals surface area contributed by atoms with E-state index in [1.165, 1.54) is 11.3 Å². The molecule has 50 valence electrons. The molecule has 0 N–H and O–H groups in total. The average molecular weight is 148 g/mol. The highest BCUT2D eigenvalue weighted by molar-refractivity contribution is 8.00. The monoisotopic (exact) mass is 148 g/mol. The van der Waals surface area contributed by atoms with E-state index in [0.717, 1.165) is 11.2 Å². The summed E-state index contributed by atoms with van der Waals surface area (Å²) in [4.78, 5) is 1.53. The number of hydrogen-bond donors (Lipinski definition) is 0. The molecule has 1 fully saturated rings. The van der Waals surface area contributed by atoms with Crippen LogP contribution in [0.5, 0.6) is 0 Å². The van der Waals surface area contributed by atoms with Gasteiger partial charge in [0, 0.05) is 10.1 Å². The number of benzene rings is 1. The van der Waals surface area contributed by atoms with Crippen LogP contribution in [-0.2, 0) is 0 Å². The van der Waals surface area contributed by atoms with E-state index in [1.54, 1.807) is 5.56 Å². The predicted octanol–water partition coefficient (Wildman–Crippen LogP) is 2.65. The van der Waals surface area contributed by atoms with E-state index < -0.39 is 0 Å². The fourth-order valence-corrected chi connectivity index (χ4v) is 3.14. The maximum absolute atomic E-state index is 2.28. The van der Waals surface area contributed by atoms with Crippen LogP contribution in [-0.4, -0.2) is 5.25 Å². The van der Waals surface area contributed by atoms with Crippen LogP contribution in [0, 0.1) is 0 Å². The normalized spacial score (nSPS) is 33.2. The molecule has 0 aromatic heterocycles. The van der Waals surface area contributed by atoms with Crippen LogP contribution in [0.1, 0.15) is 17.9 Å². The minimum atomic E-state index is 0.932. The molecule has 0 unspecified atom stereocenters. The molecule has 0 nitrogen and oxygen atoms in total. The molecule has 1 saturated carbocycles. The molecule has 0 saturated heterocycles. The summed E-state index contributed by atoms with van der Waals surface area (Å²) in [5.74, 6) is 0.932. The molecule has 0 spiro atoms. The molecule has 3 rings (SSSR count). The third-order valence-corrected chi connectivity index (χ3v) is 3.78. The molecule has 1 aliphatic carbocycles. The van der Waals surface area contributed by atoms with Crippen molar-refractivity contribution in [2.24, 2.45) is 0 Å².